The Morgan fingerprint density at radius 3 is 2.90 bits per heavy atom. The molecule has 1 aliphatic carbocycles. The van der Waals surface area contributed by atoms with E-state index >= 15 is 0 Å². The van der Waals surface area contributed by atoms with Crippen LogP contribution >= 0.6 is 23.1 Å². The number of rotatable bonds is 7. The number of carbonyl (C=O) groups excluding carboxylic acids is 1. The molecule has 1 N–H and O–H groups in total. The van der Waals surface area contributed by atoms with Crippen molar-refractivity contribution in [3.63, 3.8) is 0 Å². The highest BCUT2D eigenvalue weighted by molar-refractivity contribution is 7.99. The van der Waals surface area contributed by atoms with E-state index in [9.17, 15) is 10.1 Å². The van der Waals surface area contributed by atoms with Crippen molar-refractivity contribution in [3.8, 4) is 6.07 Å². The Hall–Kier alpha value is -1.89. The van der Waals surface area contributed by atoms with Crippen molar-refractivity contribution in [3.05, 3.63) is 21.8 Å². The van der Waals surface area contributed by atoms with Gasteiger partial charge in [0.1, 0.15) is 16.9 Å². The molecule has 1 fully saturated rings. The zero-order valence-corrected chi connectivity index (χ0v) is 19.8. The summed E-state index contributed by atoms with van der Waals surface area (Å²) in [5.41, 5.74) is 1.80. The number of hydrogen-bond acceptors (Lipinski definition) is 7. The minimum atomic E-state index is -0.115. The van der Waals surface area contributed by atoms with Crippen molar-refractivity contribution in [1.29, 1.82) is 5.26 Å². The van der Waals surface area contributed by atoms with Gasteiger partial charge in [0.05, 0.1) is 24.0 Å². The number of thiophene rings is 1. The molecule has 0 saturated carbocycles. The van der Waals surface area contributed by atoms with Crippen LogP contribution in [0.15, 0.2) is 5.16 Å². The molecule has 1 amide bonds. The lowest BCUT2D eigenvalue weighted by Gasteiger charge is -2.15. The first-order valence-electron chi connectivity index (χ1n) is 11.1. The van der Waals surface area contributed by atoms with Crippen LogP contribution in [0.5, 0.6) is 0 Å². The maximum absolute atomic E-state index is 12.7. The molecule has 1 atom stereocenters. The van der Waals surface area contributed by atoms with Gasteiger partial charge in [-0.1, -0.05) is 32.0 Å². The van der Waals surface area contributed by atoms with Crippen molar-refractivity contribution in [2.24, 2.45) is 0 Å². The van der Waals surface area contributed by atoms with Gasteiger partial charge in [-0.15, -0.1) is 21.5 Å². The van der Waals surface area contributed by atoms with Gasteiger partial charge in [-0.2, -0.15) is 5.26 Å². The molecule has 1 aliphatic heterocycles. The van der Waals surface area contributed by atoms with E-state index in [0.717, 1.165) is 68.2 Å². The standard InChI is InChI=1S/C22H29N5O2S2/c1-14(2)20-25-26-22(27(20)12-15-7-6-10-29-15)30-13-19(28)24-21-17(11-23)16-8-4-3-5-9-18(16)31-21/h14-15H,3-10,12-13H2,1-2H3,(H,24,28). The summed E-state index contributed by atoms with van der Waals surface area (Å²) in [6.07, 6.45) is 7.71. The molecule has 0 spiro atoms. The minimum Gasteiger partial charge on any atom is -0.376 e. The zero-order chi connectivity index (χ0) is 21.8. The number of aromatic nitrogens is 3. The number of nitriles is 1. The molecule has 1 unspecified atom stereocenters. The SMILES string of the molecule is CC(C)c1nnc(SCC(=O)Nc2sc3c(c2C#N)CCCCC3)n1CC1CCCO1. The molecular weight excluding hydrogens is 430 g/mol. The van der Waals surface area contributed by atoms with E-state index in [2.05, 4.69) is 40.0 Å². The van der Waals surface area contributed by atoms with Crippen LogP contribution in [0.25, 0.3) is 0 Å². The van der Waals surface area contributed by atoms with Gasteiger partial charge < -0.3 is 14.6 Å². The van der Waals surface area contributed by atoms with Crippen LogP contribution in [0, 0.1) is 11.3 Å². The number of anilines is 1. The summed E-state index contributed by atoms with van der Waals surface area (Å²) in [5, 5.41) is 22.8. The molecular formula is C22H29N5O2S2. The van der Waals surface area contributed by atoms with E-state index in [1.165, 1.54) is 23.1 Å². The fraction of sp³-hybridized carbons (Fsp3) is 0.636. The topological polar surface area (TPSA) is 92.8 Å². The molecule has 0 radical (unpaired) electrons. The van der Waals surface area contributed by atoms with Crippen LogP contribution in [-0.2, 0) is 28.9 Å². The Morgan fingerprint density at radius 1 is 1.32 bits per heavy atom. The van der Waals surface area contributed by atoms with E-state index in [-0.39, 0.29) is 23.7 Å². The molecule has 9 heteroatoms. The van der Waals surface area contributed by atoms with E-state index in [4.69, 9.17) is 4.74 Å². The number of carbonyl (C=O) groups is 1. The number of hydrogen-bond donors (Lipinski definition) is 1. The fourth-order valence-electron chi connectivity index (χ4n) is 4.24. The molecule has 4 rings (SSSR count). The molecule has 31 heavy (non-hydrogen) atoms. The number of amides is 1. The molecule has 1 saturated heterocycles. The van der Waals surface area contributed by atoms with Gasteiger partial charge in [0.2, 0.25) is 5.91 Å². The van der Waals surface area contributed by atoms with Gasteiger partial charge >= 0.3 is 0 Å². The maximum atomic E-state index is 12.7. The van der Waals surface area contributed by atoms with Crippen LogP contribution in [-0.4, -0.2) is 39.1 Å². The van der Waals surface area contributed by atoms with E-state index in [1.54, 1.807) is 11.3 Å². The predicted molar refractivity (Wildman–Crippen MR) is 123 cm³/mol. The normalized spacial score (nSPS) is 18.6. The van der Waals surface area contributed by atoms with Gasteiger partial charge in [0.15, 0.2) is 5.16 Å². The Labute approximate surface area is 191 Å². The molecule has 7 nitrogen and oxygen atoms in total. The van der Waals surface area contributed by atoms with Crippen molar-refractivity contribution in [2.45, 2.75) is 82.5 Å². The summed E-state index contributed by atoms with van der Waals surface area (Å²) >= 11 is 2.96. The predicted octanol–water partition coefficient (Wildman–Crippen LogP) is 4.51. The number of ether oxygens (including phenoxy) is 1. The second-order valence-electron chi connectivity index (χ2n) is 8.46. The number of thioether (sulfide) groups is 1. The molecule has 166 valence electrons. The van der Waals surface area contributed by atoms with E-state index in [0.29, 0.717) is 10.6 Å². The summed E-state index contributed by atoms with van der Waals surface area (Å²) in [6, 6.07) is 2.32. The fourth-order valence-corrected chi connectivity index (χ4v) is 6.25. The maximum Gasteiger partial charge on any atom is 0.235 e. The highest BCUT2D eigenvalue weighted by Gasteiger charge is 2.24. The molecule has 0 bridgehead atoms. The summed E-state index contributed by atoms with van der Waals surface area (Å²) in [4.78, 5) is 14.0. The first kappa shape index (κ1) is 22.3. The van der Waals surface area contributed by atoms with Crippen molar-refractivity contribution in [2.75, 3.05) is 17.7 Å². The molecule has 2 aromatic heterocycles. The third kappa shape index (κ3) is 5.13. The highest BCUT2D eigenvalue weighted by Crippen LogP contribution is 2.37. The molecule has 3 heterocycles. The lowest BCUT2D eigenvalue weighted by molar-refractivity contribution is -0.113. The highest BCUT2D eigenvalue weighted by atomic mass is 32.2. The number of fused-ring (bicyclic) bond motifs is 1. The zero-order valence-electron chi connectivity index (χ0n) is 18.1. The smallest absolute Gasteiger partial charge is 0.235 e. The second-order valence-corrected chi connectivity index (χ2v) is 10.5. The number of nitrogens with zero attached hydrogens (tertiary/aromatic N) is 4. The minimum absolute atomic E-state index is 0.115. The monoisotopic (exact) mass is 459 g/mol. The summed E-state index contributed by atoms with van der Waals surface area (Å²) < 4.78 is 7.90. The van der Waals surface area contributed by atoms with Gasteiger partial charge in [0.25, 0.3) is 0 Å². The third-order valence-electron chi connectivity index (χ3n) is 5.79. The second kappa shape index (κ2) is 10.2. The van der Waals surface area contributed by atoms with Crippen LogP contribution in [0.3, 0.4) is 0 Å². The average Bonchev–Trinajstić information content (AvgIpc) is 3.43. The van der Waals surface area contributed by atoms with Gasteiger partial charge in [-0.3, -0.25) is 4.79 Å². The largest absolute Gasteiger partial charge is 0.376 e. The molecule has 2 aliphatic rings. The average molecular weight is 460 g/mol. The Kier molecular flexibility index (Phi) is 7.31. The van der Waals surface area contributed by atoms with Crippen LogP contribution in [0.4, 0.5) is 5.00 Å². The number of nitrogens with one attached hydrogen (secondary N) is 1. The van der Waals surface area contributed by atoms with E-state index < -0.39 is 0 Å². The Balaban J connectivity index is 1.43. The van der Waals surface area contributed by atoms with E-state index in [1.807, 2.05) is 0 Å². The van der Waals surface area contributed by atoms with Crippen molar-refractivity contribution >= 4 is 34.0 Å². The first-order valence-corrected chi connectivity index (χ1v) is 12.9. The van der Waals surface area contributed by atoms with Gasteiger partial charge in [0, 0.05) is 17.4 Å². The lowest BCUT2D eigenvalue weighted by atomic mass is 10.1. The van der Waals surface area contributed by atoms with Gasteiger partial charge in [-0.05, 0) is 44.1 Å². The van der Waals surface area contributed by atoms with Crippen molar-refractivity contribution in [1.82, 2.24) is 14.8 Å². The van der Waals surface area contributed by atoms with Crippen molar-refractivity contribution < 1.29 is 9.53 Å². The summed E-state index contributed by atoms with van der Waals surface area (Å²) in [6.45, 7) is 5.73. The lowest BCUT2D eigenvalue weighted by Crippen LogP contribution is -2.19. The molecule has 0 aromatic carbocycles. The van der Waals surface area contributed by atoms with Crippen LogP contribution in [0.1, 0.15) is 73.7 Å². The van der Waals surface area contributed by atoms with Crippen LogP contribution < -0.4 is 5.32 Å². The Morgan fingerprint density at radius 2 is 2.16 bits per heavy atom. The Bertz CT molecular complexity index is 969. The number of aryl methyl sites for hydroxylation is 1. The third-order valence-corrected chi connectivity index (χ3v) is 7.96. The quantitative estimate of drug-likeness (QED) is 0.484. The summed E-state index contributed by atoms with van der Waals surface area (Å²) in [7, 11) is 0. The first-order chi connectivity index (χ1) is 15.1. The van der Waals surface area contributed by atoms with Gasteiger partial charge in [-0.25, -0.2) is 0 Å². The van der Waals surface area contributed by atoms with Crippen LogP contribution in [0.2, 0.25) is 0 Å². The summed E-state index contributed by atoms with van der Waals surface area (Å²) in [5.74, 6) is 1.29. The molecule has 2 aromatic rings.